The normalized spacial score (nSPS) is 26.5. The van der Waals surface area contributed by atoms with Crippen LogP contribution in [-0.4, -0.2) is 71.2 Å². The monoisotopic (exact) mass is 442 g/mol. The van der Waals surface area contributed by atoms with E-state index in [1.54, 1.807) is 0 Å². The minimum absolute atomic E-state index is 0.0215. The summed E-state index contributed by atoms with van der Waals surface area (Å²) in [5.41, 5.74) is 2.54. The molecule has 3 aliphatic heterocycles. The van der Waals surface area contributed by atoms with Gasteiger partial charge in [0.2, 0.25) is 5.91 Å². The summed E-state index contributed by atoms with van der Waals surface area (Å²) < 4.78 is 7.98. The van der Waals surface area contributed by atoms with E-state index in [0.717, 1.165) is 37.0 Å². The molecule has 1 N–H and O–H groups in total. The fourth-order valence-electron chi connectivity index (χ4n) is 5.26. The molecular weight excluding hydrogens is 416 g/mol. The van der Waals surface area contributed by atoms with Gasteiger partial charge in [-0.25, -0.2) is 4.79 Å². The van der Waals surface area contributed by atoms with Crippen LogP contribution in [0.3, 0.4) is 0 Å². The molecule has 3 amide bonds. The van der Waals surface area contributed by atoms with E-state index in [-0.39, 0.29) is 30.7 Å². The Balaban J connectivity index is 1.15. The molecule has 2 atom stereocenters. The smallest absolute Gasteiger partial charge is 0.320 e. The van der Waals surface area contributed by atoms with Crippen LogP contribution in [0.4, 0.5) is 4.79 Å². The standard InChI is InChI=1S/C23H27ClN4O3/c24-16-3-4-20-17(7-16)18(11-27(20)8-14-1-2-14)15-9-28(10-15)23(30)26-6-5-21-19(12-26)25-22(29)13-31-21/h3-4,7,11,14-15,19,21H,1-2,5-6,8-10,12-13H2,(H,25,29)/t19-,21+/m1/s1. The third-order valence-electron chi connectivity index (χ3n) is 7.21. The highest BCUT2D eigenvalue weighted by molar-refractivity contribution is 6.31. The fourth-order valence-corrected chi connectivity index (χ4v) is 5.43. The number of nitrogens with one attached hydrogen (secondary N) is 1. The van der Waals surface area contributed by atoms with Gasteiger partial charge in [-0.2, -0.15) is 0 Å². The summed E-state index contributed by atoms with van der Waals surface area (Å²) in [4.78, 5) is 28.5. The second-order valence-corrected chi connectivity index (χ2v) is 9.92. The minimum atomic E-state index is -0.0986. The lowest BCUT2D eigenvalue weighted by Crippen LogP contribution is -2.63. The van der Waals surface area contributed by atoms with Crippen LogP contribution in [0, 0.1) is 5.92 Å². The SMILES string of the molecule is O=C1CO[C@H]2CCN(C(=O)N3CC(c4cn(CC5CC5)c5ccc(Cl)cc45)C3)C[C@H]2N1. The number of carbonyl (C=O) groups is 2. The molecule has 4 fully saturated rings. The molecule has 3 saturated heterocycles. The van der Waals surface area contributed by atoms with Crippen LogP contribution in [0.2, 0.25) is 5.02 Å². The molecule has 8 heteroatoms. The average molecular weight is 443 g/mol. The van der Waals surface area contributed by atoms with E-state index in [1.807, 2.05) is 15.9 Å². The van der Waals surface area contributed by atoms with Gasteiger partial charge in [0, 0.05) is 60.8 Å². The van der Waals surface area contributed by atoms with Crippen LogP contribution in [0.1, 0.15) is 30.7 Å². The molecule has 0 bridgehead atoms. The molecule has 2 aromatic rings. The number of ether oxygens (including phenoxy) is 1. The average Bonchev–Trinajstić information content (AvgIpc) is 3.48. The van der Waals surface area contributed by atoms with Crippen molar-refractivity contribution in [2.75, 3.05) is 32.8 Å². The number of hydrogen-bond donors (Lipinski definition) is 1. The lowest BCUT2D eigenvalue weighted by molar-refractivity contribution is -0.139. The van der Waals surface area contributed by atoms with Crippen molar-refractivity contribution in [2.24, 2.45) is 5.92 Å². The molecule has 31 heavy (non-hydrogen) atoms. The van der Waals surface area contributed by atoms with Gasteiger partial charge in [-0.1, -0.05) is 11.6 Å². The van der Waals surface area contributed by atoms with Gasteiger partial charge in [0.1, 0.15) is 6.61 Å². The number of halogens is 1. The number of hydrogen-bond acceptors (Lipinski definition) is 3. The van der Waals surface area contributed by atoms with Crippen LogP contribution in [0.15, 0.2) is 24.4 Å². The van der Waals surface area contributed by atoms with Gasteiger partial charge in [-0.05, 0) is 48.9 Å². The number of aromatic nitrogens is 1. The molecule has 1 saturated carbocycles. The second-order valence-electron chi connectivity index (χ2n) is 9.48. The van der Waals surface area contributed by atoms with Crippen molar-refractivity contribution in [3.63, 3.8) is 0 Å². The van der Waals surface area contributed by atoms with Crippen molar-refractivity contribution < 1.29 is 14.3 Å². The Kier molecular flexibility index (Phi) is 4.65. The highest BCUT2D eigenvalue weighted by Gasteiger charge is 2.41. The quantitative estimate of drug-likeness (QED) is 0.794. The number of benzene rings is 1. The van der Waals surface area contributed by atoms with E-state index in [4.69, 9.17) is 16.3 Å². The molecule has 0 spiro atoms. The summed E-state index contributed by atoms with van der Waals surface area (Å²) in [5.74, 6) is 1.03. The Hall–Kier alpha value is -2.25. The van der Waals surface area contributed by atoms with E-state index >= 15 is 0 Å². The molecule has 4 heterocycles. The van der Waals surface area contributed by atoms with E-state index in [9.17, 15) is 9.59 Å². The summed E-state index contributed by atoms with van der Waals surface area (Å²) in [5, 5.41) is 4.94. The first-order chi connectivity index (χ1) is 15.0. The zero-order valence-electron chi connectivity index (χ0n) is 17.4. The molecule has 1 aromatic carbocycles. The zero-order valence-corrected chi connectivity index (χ0v) is 18.2. The maximum atomic E-state index is 13.1. The Morgan fingerprint density at radius 3 is 2.81 bits per heavy atom. The van der Waals surface area contributed by atoms with E-state index < -0.39 is 0 Å². The highest BCUT2D eigenvalue weighted by Crippen LogP contribution is 2.38. The van der Waals surface area contributed by atoms with Crippen molar-refractivity contribution in [3.05, 3.63) is 35.0 Å². The zero-order chi connectivity index (χ0) is 21.1. The van der Waals surface area contributed by atoms with Crippen molar-refractivity contribution in [1.82, 2.24) is 19.7 Å². The lowest BCUT2D eigenvalue weighted by Gasteiger charge is -2.46. The molecule has 164 valence electrons. The molecule has 1 aromatic heterocycles. The van der Waals surface area contributed by atoms with Crippen molar-refractivity contribution in [2.45, 2.75) is 43.9 Å². The minimum Gasteiger partial charge on any atom is -0.366 e. The molecule has 0 unspecified atom stereocenters. The van der Waals surface area contributed by atoms with Crippen LogP contribution < -0.4 is 5.32 Å². The summed E-state index contributed by atoms with van der Waals surface area (Å²) in [7, 11) is 0. The van der Waals surface area contributed by atoms with Crippen LogP contribution in [0.25, 0.3) is 10.9 Å². The largest absolute Gasteiger partial charge is 0.366 e. The molecule has 0 radical (unpaired) electrons. The summed E-state index contributed by atoms with van der Waals surface area (Å²) in [6, 6.07) is 6.12. The molecular formula is C23H27ClN4O3. The fraction of sp³-hybridized carbons (Fsp3) is 0.565. The van der Waals surface area contributed by atoms with Gasteiger partial charge in [-0.15, -0.1) is 0 Å². The van der Waals surface area contributed by atoms with E-state index in [0.29, 0.717) is 19.0 Å². The Bertz CT molecular complexity index is 1040. The summed E-state index contributed by atoms with van der Waals surface area (Å²) in [6.07, 6.45) is 5.70. The number of morpholine rings is 1. The number of fused-ring (bicyclic) bond motifs is 2. The number of nitrogens with zero attached hydrogens (tertiary/aromatic N) is 3. The highest BCUT2D eigenvalue weighted by atomic mass is 35.5. The number of urea groups is 1. The molecule has 4 aliphatic rings. The lowest BCUT2D eigenvalue weighted by atomic mass is 9.91. The molecule has 1 aliphatic carbocycles. The Labute approximate surface area is 186 Å². The van der Waals surface area contributed by atoms with Crippen LogP contribution in [0.5, 0.6) is 0 Å². The Morgan fingerprint density at radius 1 is 1.16 bits per heavy atom. The van der Waals surface area contributed by atoms with Gasteiger partial charge >= 0.3 is 6.03 Å². The first kappa shape index (κ1) is 19.4. The number of rotatable bonds is 3. The molecule has 6 rings (SSSR count). The van der Waals surface area contributed by atoms with Crippen LogP contribution >= 0.6 is 11.6 Å². The van der Waals surface area contributed by atoms with E-state index in [2.05, 4.69) is 28.2 Å². The van der Waals surface area contributed by atoms with Crippen LogP contribution in [-0.2, 0) is 16.1 Å². The van der Waals surface area contributed by atoms with E-state index in [1.165, 1.54) is 29.3 Å². The topological polar surface area (TPSA) is 66.8 Å². The number of amides is 3. The van der Waals surface area contributed by atoms with Crippen molar-refractivity contribution >= 4 is 34.4 Å². The Morgan fingerprint density at radius 2 is 2.00 bits per heavy atom. The number of piperidine rings is 1. The van der Waals surface area contributed by atoms with Gasteiger partial charge in [0.05, 0.1) is 12.1 Å². The van der Waals surface area contributed by atoms with Gasteiger partial charge in [0.25, 0.3) is 0 Å². The van der Waals surface area contributed by atoms with Gasteiger partial charge in [-0.3, -0.25) is 4.79 Å². The third kappa shape index (κ3) is 3.57. The van der Waals surface area contributed by atoms with Gasteiger partial charge in [0.15, 0.2) is 0 Å². The van der Waals surface area contributed by atoms with Gasteiger partial charge < -0.3 is 24.4 Å². The number of likely N-dealkylation sites (tertiary alicyclic amines) is 2. The maximum absolute atomic E-state index is 13.1. The summed E-state index contributed by atoms with van der Waals surface area (Å²) in [6.45, 7) is 3.83. The first-order valence-corrected chi connectivity index (χ1v) is 11.7. The predicted molar refractivity (Wildman–Crippen MR) is 117 cm³/mol. The number of carbonyl (C=O) groups excluding carboxylic acids is 2. The third-order valence-corrected chi connectivity index (χ3v) is 7.45. The second kappa shape index (κ2) is 7.41. The predicted octanol–water partition coefficient (Wildman–Crippen LogP) is 2.81. The summed E-state index contributed by atoms with van der Waals surface area (Å²) >= 11 is 6.31. The van der Waals surface area contributed by atoms with Crippen molar-refractivity contribution in [1.29, 1.82) is 0 Å². The maximum Gasteiger partial charge on any atom is 0.320 e. The van der Waals surface area contributed by atoms with Crippen molar-refractivity contribution in [3.8, 4) is 0 Å². The molecule has 7 nitrogen and oxygen atoms in total. The first-order valence-electron chi connectivity index (χ1n) is 11.3.